The van der Waals surface area contributed by atoms with Gasteiger partial charge >= 0.3 is 5.97 Å². The molecule has 3 aromatic carbocycles. The number of rotatable bonds is 7. The third kappa shape index (κ3) is 5.49. The molecule has 29 heavy (non-hydrogen) atoms. The molecule has 0 aliphatic carbocycles. The van der Waals surface area contributed by atoms with Gasteiger partial charge < -0.3 is 5.11 Å². The normalized spacial score (nSPS) is 10.9. The van der Waals surface area contributed by atoms with Gasteiger partial charge in [0.05, 0.1) is 11.4 Å². The smallest absolute Gasteiger partial charge is 0.376 e. The van der Waals surface area contributed by atoms with Crippen LogP contribution in [0, 0.1) is 0 Å². The van der Waals surface area contributed by atoms with Crippen LogP contribution in [0.2, 0.25) is 0 Å². The Morgan fingerprint density at radius 3 is 1.79 bits per heavy atom. The molecule has 144 valence electrons. The molecule has 0 amide bonds. The number of hydrogen-bond donors (Lipinski definition) is 2. The van der Waals surface area contributed by atoms with E-state index in [1.54, 1.807) is 24.3 Å². The Kier molecular flexibility index (Phi) is 6.71. The van der Waals surface area contributed by atoms with Crippen molar-refractivity contribution in [2.45, 2.75) is 0 Å². The van der Waals surface area contributed by atoms with Crippen LogP contribution in [-0.4, -0.2) is 22.6 Å². The van der Waals surface area contributed by atoms with E-state index < -0.39 is 11.8 Å². The molecule has 0 radical (unpaired) electrons. The number of nitrogens with zero attached hydrogens (tertiary/aromatic N) is 1. The van der Waals surface area contributed by atoms with Crippen molar-refractivity contribution in [3.63, 3.8) is 0 Å². The van der Waals surface area contributed by atoms with Crippen LogP contribution >= 0.6 is 15.9 Å². The lowest BCUT2D eigenvalue weighted by Gasteiger charge is -2.11. The fourth-order valence-corrected chi connectivity index (χ4v) is 2.87. The number of ketones is 1. The minimum Gasteiger partial charge on any atom is -0.475 e. The predicted octanol–water partition coefficient (Wildman–Crippen LogP) is 4.49. The van der Waals surface area contributed by atoms with Crippen LogP contribution < -0.4 is 5.43 Å². The van der Waals surface area contributed by atoms with Crippen molar-refractivity contribution in [3.8, 4) is 0 Å². The lowest BCUT2D eigenvalue weighted by Crippen LogP contribution is -2.16. The molecule has 0 aromatic heterocycles. The van der Waals surface area contributed by atoms with Crippen molar-refractivity contribution in [1.82, 2.24) is 5.43 Å². The highest BCUT2D eigenvalue weighted by atomic mass is 79.9. The number of carbonyl (C=O) groups excluding carboxylic acids is 1. The minimum atomic E-state index is -1.53. The van der Waals surface area contributed by atoms with E-state index in [-0.39, 0.29) is 5.70 Å². The molecule has 0 aliphatic rings. The molecule has 0 heterocycles. The summed E-state index contributed by atoms with van der Waals surface area (Å²) in [7, 11) is 0. The predicted molar refractivity (Wildman–Crippen MR) is 116 cm³/mol. The minimum absolute atomic E-state index is 0.286. The maximum Gasteiger partial charge on any atom is 0.376 e. The molecule has 0 saturated carbocycles. The van der Waals surface area contributed by atoms with Gasteiger partial charge in [0, 0.05) is 21.7 Å². The van der Waals surface area contributed by atoms with E-state index in [1.165, 1.54) is 0 Å². The Hall–Kier alpha value is -3.51. The molecule has 3 aromatic rings. The number of carboxylic acids is 1. The summed E-state index contributed by atoms with van der Waals surface area (Å²) in [6.45, 7) is 0. The van der Waals surface area contributed by atoms with E-state index >= 15 is 0 Å². The van der Waals surface area contributed by atoms with Gasteiger partial charge in [-0.25, -0.2) is 4.79 Å². The van der Waals surface area contributed by atoms with Crippen molar-refractivity contribution < 1.29 is 14.7 Å². The zero-order valence-electron chi connectivity index (χ0n) is 15.2. The van der Waals surface area contributed by atoms with E-state index in [2.05, 4.69) is 26.5 Å². The molecule has 0 fully saturated rings. The monoisotopic (exact) mass is 448 g/mol. The summed E-state index contributed by atoms with van der Waals surface area (Å²) < 4.78 is 0.864. The third-order valence-corrected chi connectivity index (χ3v) is 4.55. The van der Waals surface area contributed by atoms with Gasteiger partial charge in [-0.05, 0) is 17.7 Å². The zero-order valence-corrected chi connectivity index (χ0v) is 16.8. The van der Waals surface area contributed by atoms with Crippen LogP contribution in [0.3, 0.4) is 0 Å². The first kappa shape index (κ1) is 20.2. The van der Waals surface area contributed by atoms with Crippen LogP contribution in [0.15, 0.2) is 101 Å². The summed E-state index contributed by atoms with van der Waals surface area (Å²) in [5.74, 6) is -2.57. The highest BCUT2D eigenvalue weighted by Gasteiger charge is 2.12. The molecular weight excluding hydrogens is 432 g/mol. The summed E-state index contributed by atoms with van der Waals surface area (Å²) >= 11 is 3.36. The molecular formula is C23H17BrN2O3. The maximum atomic E-state index is 11.8. The maximum absolute atomic E-state index is 11.8. The fourth-order valence-electron chi connectivity index (χ4n) is 2.61. The number of halogens is 1. The molecule has 0 spiro atoms. The summed E-state index contributed by atoms with van der Waals surface area (Å²) in [6.07, 6.45) is 1.03. The van der Waals surface area contributed by atoms with Crippen molar-refractivity contribution in [2.75, 3.05) is 0 Å². The Balaban J connectivity index is 2.04. The van der Waals surface area contributed by atoms with Crippen LogP contribution in [0.1, 0.15) is 16.7 Å². The van der Waals surface area contributed by atoms with E-state index in [4.69, 9.17) is 5.11 Å². The molecule has 0 unspecified atom stereocenters. The molecule has 3 rings (SSSR count). The SMILES string of the molecule is O=C(O)C(=O)C=C(NN=C(c1ccccc1)c1ccccc1)c1ccc(Br)cc1. The number of hydrogen-bond acceptors (Lipinski definition) is 4. The second-order valence-electron chi connectivity index (χ2n) is 6.04. The van der Waals surface area contributed by atoms with Gasteiger partial charge in [-0.15, -0.1) is 0 Å². The van der Waals surface area contributed by atoms with Gasteiger partial charge in [0.25, 0.3) is 5.78 Å². The highest BCUT2D eigenvalue weighted by molar-refractivity contribution is 9.10. The summed E-state index contributed by atoms with van der Waals surface area (Å²) in [6, 6.07) is 26.3. The highest BCUT2D eigenvalue weighted by Crippen LogP contribution is 2.17. The number of nitrogens with one attached hydrogen (secondary N) is 1. The first-order valence-corrected chi connectivity index (χ1v) is 9.53. The largest absolute Gasteiger partial charge is 0.475 e. The Labute approximate surface area is 176 Å². The zero-order chi connectivity index (χ0) is 20.6. The van der Waals surface area contributed by atoms with E-state index in [9.17, 15) is 9.59 Å². The first-order chi connectivity index (χ1) is 14.0. The molecule has 0 atom stereocenters. The third-order valence-electron chi connectivity index (χ3n) is 4.02. The Bertz CT molecular complexity index is 1020. The van der Waals surface area contributed by atoms with Crippen molar-refractivity contribution in [2.24, 2.45) is 5.10 Å². The van der Waals surface area contributed by atoms with Crippen LogP contribution in [0.4, 0.5) is 0 Å². The second kappa shape index (κ2) is 9.61. The van der Waals surface area contributed by atoms with Gasteiger partial charge in [-0.3, -0.25) is 10.2 Å². The van der Waals surface area contributed by atoms with Crippen LogP contribution in [-0.2, 0) is 9.59 Å². The molecule has 0 saturated heterocycles. The van der Waals surface area contributed by atoms with Gasteiger partial charge in [-0.2, -0.15) is 5.10 Å². The fraction of sp³-hybridized carbons (Fsp3) is 0. The molecule has 0 aliphatic heterocycles. The quantitative estimate of drug-likeness (QED) is 0.241. The second-order valence-corrected chi connectivity index (χ2v) is 6.95. The van der Waals surface area contributed by atoms with Gasteiger partial charge in [0.1, 0.15) is 0 Å². The van der Waals surface area contributed by atoms with Gasteiger partial charge in [0.2, 0.25) is 0 Å². The number of benzene rings is 3. The summed E-state index contributed by atoms with van der Waals surface area (Å²) in [5.41, 5.74) is 6.23. The number of aliphatic carboxylic acids is 1. The van der Waals surface area contributed by atoms with E-state index in [1.807, 2.05) is 60.7 Å². The Morgan fingerprint density at radius 2 is 1.31 bits per heavy atom. The summed E-state index contributed by atoms with van der Waals surface area (Å²) in [4.78, 5) is 22.8. The lowest BCUT2D eigenvalue weighted by molar-refractivity contribution is -0.146. The van der Waals surface area contributed by atoms with Crippen LogP contribution in [0.5, 0.6) is 0 Å². The molecule has 5 nitrogen and oxygen atoms in total. The van der Waals surface area contributed by atoms with Gasteiger partial charge in [0.15, 0.2) is 0 Å². The average Bonchev–Trinajstić information content (AvgIpc) is 2.75. The van der Waals surface area contributed by atoms with Crippen molar-refractivity contribution >= 4 is 39.1 Å². The lowest BCUT2D eigenvalue weighted by atomic mass is 10.0. The van der Waals surface area contributed by atoms with Crippen molar-refractivity contribution in [3.05, 3.63) is 112 Å². The summed E-state index contributed by atoms with van der Waals surface area (Å²) in [5, 5.41) is 13.5. The average molecular weight is 449 g/mol. The van der Waals surface area contributed by atoms with Gasteiger partial charge in [-0.1, -0.05) is 88.7 Å². The topological polar surface area (TPSA) is 78.8 Å². The van der Waals surface area contributed by atoms with E-state index in [0.717, 1.165) is 21.7 Å². The number of carbonyl (C=O) groups is 2. The number of carboxylic acid groups (broad SMARTS) is 1. The standard InChI is InChI=1S/C23H17BrN2O3/c24-19-13-11-16(12-14-19)20(15-21(27)23(28)29)25-26-22(17-7-3-1-4-8-17)18-9-5-2-6-10-18/h1-15,25H,(H,28,29). The van der Waals surface area contributed by atoms with Crippen LogP contribution in [0.25, 0.3) is 5.70 Å². The first-order valence-electron chi connectivity index (χ1n) is 8.74. The molecule has 2 N–H and O–H groups in total. The Morgan fingerprint density at radius 1 is 0.793 bits per heavy atom. The van der Waals surface area contributed by atoms with Crippen molar-refractivity contribution in [1.29, 1.82) is 0 Å². The van der Waals surface area contributed by atoms with E-state index in [0.29, 0.717) is 11.3 Å². The number of hydrazone groups is 1. The molecule has 6 heteroatoms. The molecule has 0 bridgehead atoms.